The molecule has 0 aliphatic heterocycles. The first-order valence-electron chi connectivity index (χ1n) is 7.57. The first-order chi connectivity index (χ1) is 11.8. The fourth-order valence-corrected chi connectivity index (χ4v) is 2.22. The molecule has 0 radical (unpaired) electrons. The zero-order chi connectivity index (χ0) is 16.8. The highest BCUT2D eigenvalue weighted by atomic mass is 19.1. The van der Waals surface area contributed by atoms with Gasteiger partial charge in [0.1, 0.15) is 11.6 Å². The van der Waals surface area contributed by atoms with Crippen molar-refractivity contribution >= 4 is 17.5 Å². The first-order valence-corrected chi connectivity index (χ1v) is 7.57. The van der Waals surface area contributed by atoms with Crippen molar-refractivity contribution in [3.05, 3.63) is 66.5 Å². The van der Waals surface area contributed by atoms with Crippen LogP contribution in [0.1, 0.15) is 0 Å². The van der Waals surface area contributed by atoms with Crippen LogP contribution in [0.5, 0.6) is 0 Å². The lowest BCUT2D eigenvalue weighted by atomic mass is 10.1. The van der Waals surface area contributed by atoms with Gasteiger partial charge in [-0.1, -0.05) is 42.5 Å². The SMILES string of the molecule is OCCNc1nc(Nc2ccccc2F)cc(-c2ccccc2)n1. The predicted octanol–water partition coefficient (Wildman–Crippen LogP) is 3.43. The molecule has 24 heavy (non-hydrogen) atoms. The van der Waals surface area contributed by atoms with E-state index in [-0.39, 0.29) is 12.4 Å². The van der Waals surface area contributed by atoms with Crippen molar-refractivity contribution in [3.63, 3.8) is 0 Å². The summed E-state index contributed by atoms with van der Waals surface area (Å²) in [4.78, 5) is 8.76. The molecule has 3 aromatic rings. The Balaban J connectivity index is 1.97. The van der Waals surface area contributed by atoms with E-state index in [0.29, 0.717) is 29.7 Å². The summed E-state index contributed by atoms with van der Waals surface area (Å²) in [6.45, 7) is 0.298. The van der Waals surface area contributed by atoms with Gasteiger partial charge in [0.2, 0.25) is 5.95 Å². The van der Waals surface area contributed by atoms with Crippen LogP contribution in [-0.2, 0) is 0 Å². The van der Waals surface area contributed by atoms with Gasteiger partial charge in [-0.25, -0.2) is 9.37 Å². The molecule has 122 valence electrons. The molecule has 5 nitrogen and oxygen atoms in total. The smallest absolute Gasteiger partial charge is 0.225 e. The van der Waals surface area contributed by atoms with Crippen molar-refractivity contribution in [1.29, 1.82) is 0 Å². The number of hydrogen-bond acceptors (Lipinski definition) is 5. The van der Waals surface area contributed by atoms with Gasteiger partial charge < -0.3 is 15.7 Å². The number of rotatable bonds is 6. The van der Waals surface area contributed by atoms with E-state index in [0.717, 1.165) is 5.56 Å². The molecule has 2 aromatic carbocycles. The van der Waals surface area contributed by atoms with Gasteiger partial charge in [0.05, 0.1) is 18.0 Å². The van der Waals surface area contributed by atoms with E-state index < -0.39 is 0 Å². The quantitative estimate of drug-likeness (QED) is 0.648. The molecule has 1 aromatic heterocycles. The third-order valence-corrected chi connectivity index (χ3v) is 3.33. The Hall–Kier alpha value is -2.99. The van der Waals surface area contributed by atoms with Crippen LogP contribution < -0.4 is 10.6 Å². The summed E-state index contributed by atoms with van der Waals surface area (Å²) < 4.78 is 13.8. The second-order valence-electron chi connectivity index (χ2n) is 5.08. The molecule has 0 saturated heterocycles. The number of aliphatic hydroxyl groups is 1. The second-order valence-corrected chi connectivity index (χ2v) is 5.08. The largest absolute Gasteiger partial charge is 0.395 e. The molecule has 0 spiro atoms. The predicted molar refractivity (Wildman–Crippen MR) is 92.7 cm³/mol. The summed E-state index contributed by atoms with van der Waals surface area (Å²) in [6.07, 6.45) is 0. The third-order valence-electron chi connectivity index (χ3n) is 3.33. The summed E-state index contributed by atoms with van der Waals surface area (Å²) in [5.41, 5.74) is 1.96. The Morgan fingerprint density at radius 2 is 1.71 bits per heavy atom. The topological polar surface area (TPSA) is 70.1 Å². The van der Waals surface area contributed by atoms with Gasteiger partial charge in [0.25, 0.3) is 0 Å². The van der Waals surface area contributed by atoms with Crippen LogP contribution in [0.4, 0.5) is 21.8 Å². The zero-order valence-corrected chi connectivity index (χ0v) is 12.9. The molecule has 1 heterocycles. The van der Waals surface area contributed by atoms with Crippen LogP contribution in [-0.4, -0.2) is 28.2 Å². The molecule has 0 fully saturated rings. The Kier molecular flexibility index (Phi) is 4.98. The van der Waals surface area contributed by atoms with E-state index in [1.54, 1.807) is 24.3 Å². The number of benzene rings is 2. The van der Waals surface area contributed by atoms with Crippen molar-refractivity contribution in [3.8, 4) is 11.3 Å². The molecule has 0 aliphatic rings. The maximum absolute atomic E-state index is 13.8. The Labute approximate surface area is 139 Å². The van der Waals surface area contributed by atoms with Crippen molar-refractivity contribution in [2.75, 3.05) is 23.8 Å². The highest BCUT2D eigenvalue weighted by Gasteiger charge is 2.08. The monoisotopic (exact) mass is 324 g/mol. The number of aromatic nitrogens is 2. The Morgan fingerprint density at radius 3 is 2.46 bits per heavy atom. The number of nitrogens with zero attached hydrogens (tertiary/aromatic N) is 2. The third kappa shape index (κ3) is 3.85. The maximum Gasteiger partial charge on any atom is 0.225 e. The molecule has 0 bridgehead atoms. The summed E-state index contributed by atoms with van der Waals surface area (Å²) >= 11 is 0. The Bertz CT molecular complexity index is 811. The minimum absolute atomic E-state index is 0.0327. The molecule has 0 aliphatic carbocycles. The van der Waals surface area contributed by atoms with Crippen molar-refractivity contribution < 1.29 is 9.50 Å². The van der Waals surface area contributed by atoms with Crippen LogP contribution in [0.2, 0.25) is 0 Å². The minimum Gasteiger partial charge on any atom is -0.395 e. The van der Waals surface area contributed by atoms with E-state index in [2.05, 4.69) is 20.6 Å². The van der Waals surface area contributed by atoms with Gasteiger partial charge in [-0.05, 0) is 12.1 Å². The van der Waals surface area contributed by atoms with Crippen molar-refractivity contribution in [2.24, 2.45) is 0 Å². The van der Waals surface area contributed by atoms with Gasteiger partial charge in [-0.15, -0.1) is 0 Å². The van der Waals surface area contributed by atoms with Crippen molar-refractivity contribution in [2.45, 2.75) is 0 Å². The second kappa shape index (κ2) is 7.52. The molecule has 6 heteroatoms. The number of halogens is 1. The molecule has 0 amide bonds. The van der Waals surface area contributed by atoms with E-state index in [1.165, 1.54) is 6.07 Å². The molecule has 3 N–H and O–H groups in total. The normalized spacial score (nSPS) is 10.4. The van der Waals surface area contributed by atoms with E-state index in [4.69, 9.17) is 5.11 Å². The zero-order valence-electron chi connectivity index (χ0n) is 12.9. The molecule has 0 saturated carbocycles. The summed E-state index contributed by atoms with van der Waals surface area (Å²) in [5, 5.41) is 14.9. The number of anilines is 3. The van der Waals surface area contributed by atoms with Crippen LogP contribution in [0.25, 0.3) is 11.3 Å². The standard InChI is InChI=1S/C18H17FN4O/c19-14-8-4-5-9-15(14)21-17-12-16(13-6-2-1-3-7-13)22-18(23-17)20-10-11-24/h1-9,12,24H,10-11H2,(H2,20,21,22,23). The molecular weight excluding hydrogens is 307 g/mol. The fourth-order valence-electron chi connectivity index (χ4n) is 2.22. The van der Waals surface area contributed by atoms with Gasteiger partial charge in [-0.3, -0.25) is 0 Å². The Morgan fingerprint density at radius 1 is 0.958 bits per heavy atom. The van der Waals surface area contributed by atoms with Crippen molar-refractivity contribution in [1.82, 2.24) is 9.97 Å². The van der Waals surface area contributed by atoms with Gasteiger partial charge in [-0.2, -0.15) is 4.98 Å². The lowest BCUT2D eigenvalue weighted by molar-refractivity contribution is 0.311. The summed E-state index contributed by atoms with van der Waals surface area (Å²) in [7, 11) is 0. The van der Waals surface area contributed by atoms with Gasteiger partial charge >= 0.3 is 0 Å². The first kappa shape index (κ1) is 15.9. The van der Waals surface area contributed by atoms with Gasteiger partial charge in [0.15, 0.2) is 0 Å². The highest BCUT2D eigenvalue weighted by molar-refractivity contribution is 5.67. The average Bonchev–Trinajstić information content (AvgIpc) is 2.62. The van der Waals surface area contributed by atoms with E-state index in [1.807, 2.05) is 30.3 Å². The number of nitrogens with one attached hydrogen (secondary N) is 2. The van der Waals surface area contributed by atoms with Crippen LogP contribution in [0, 0.1) is 5.82 Å². The van der Waals surface area contributed by atoms with Crippen LogP contribution in [0.3, 0.4) is 0 Å². The number of aliphatic hydroxyl groups excluding tert-OH is 1. The molecule has 0 atom stereocenters. The molecule has 3 rings (SSSR count). The number of para-hydroxylation sites is 1. The summed E-state index contributed by atoms with van der Waals surface area (Å²) in [5.74, 6) is 0.473. The van der Waals surface area contributed by atoms with E-state index in [9.17, 15) is 4.39 Å². The summed E-state index contributed by atoms with van der Waals surface area (Å²) in [6, 6.07) is 17.8. The average molecular weight is 324 g/mol. The lowest BCUT2D eigenvalue weighted by Crippen LogP contribution is -2.10. The molecular formula is C18H17FN4O. The molecule has 0 unspecified atom stereocenters. The van der Waals surface area contributed by atoms with E-state index >= 15 is 0 Å². The highest BCUT2D eigenvalue weighted by Crippen LogP contribution is 2.24. The van der Waals surface area contributed by atoms with Crippen LogP contribution in [0.15, 0.2) is 60.7 Å². The van der Waals surface area contributed by atoms with Gasteiger partial charge in [0, 0.05) is 18.2 Å². The lowest BCUT2D eigenvalue weighted by Gasteiger charge is -2.11. The number of hydrogen-bond donors (Lipinski definition) is 3. The van der Waals surface area contributed by atoms with Crippen LogP contribution >= 0.6 is 0 Å². The maximum atomic E-state index is 13.8. The minimum atomic E-state index is -0.359. The fraction of sp³-hybridized carbons (Fsp3) is 0.111.